The number of carboxylic acids is 2. The fourth-order valence-corrected chi connectivity index (χ4v) is 5.49. The molecule has 0 aliphatic carbocycles. The van der Waals surface area contributed by atoms with Gasteiger partial charge < -0.3 is 34.5 Å². The van der Waals surface area contributed by atoms with Crippen molar-refractivity contribution in [3.8, 4) is 0 Å². The number of piperidine rings is 1. The maximum absolute atomic E-state index is 13.4. The number of anilines is 1. The molecule has 1 aliphatic rings. The van der Waals surface area contributed by atoms with E-state index in [0.29, 0.717) is 31.5 Å². The Hall–Kier alpha value is -3.84. The molecule has 1 unspecified atom stereocenters. The van der Waals surface area contributed by atoms with Crippen molar-refractivity contribution < 1.29 is 53.5 Å². The molecule has 228 valence electrons. The van der Waals surface area contributed by atoms with E-state index in [9.17, 15) is 29.4 Å². The van der Waals surface area contributed by atoms with E-state index in [1.54, 1.807) is 12.0 Å². The van der Waals surface area contributed by atoms with Gasteiger partial charge in [0.05, 0.1) is 31.0 Å². The molecule has 1 fully saturated rings. The molecule has 12 heteroatoms. The maximum atomic E-state index is 13.4. The van der Waals surface area contributed by atoms with Gasteiger partial charge in [-0.15, -0.1) is 4.65 Å². The van der Waals surface area contributed by atoms with Crippen LogP contribution in [-0.2, 0) is 39.9 Å². The number of methoxy groups -OCH3 is 2. The highest BCUT2D eigenvalue weighted by Crippen LogP contribution is 2.37. The molecule has 2 aromatic rings. The normalized spacial score (nSPS) is 21.6. The van der Waals surface area contributed by atoms with E-state index in [1.807, 2.05) is 60.7 Å². The van der Waals surface area contributed by atoms with Crippen LogP contribution in [0.2, 0.25) is 0 Å². The second-order valence-electron chi connectivity index (χ2n) is 10.6. The predicted molar refractivity (Wildman–Crippen MR) is 148 cm³/mol. The van der Waals surface area contributed by atoms with Crippen LogP contribution in [-0.4, -0.2) is 96.9 Å². The summed E-state index contributed by atoms with van der Waals surface area (Å²) in [6, 6.07) is 18.6. The van der Waals surface area contributed by atoms with E-state index in [0.717, 1.165) is 5.56 Å². The topological polar surface area (TPSA) is 163 Å². The summed E-state index contributed by atoms with van der Waals surface area (Å²) in [4.78, 5) is 56.8. The third-order valence-corrected chi connectivity index (χ3v) is 7.60. The molecule has 0 aromatic heterocycles. The van der Waals surface area contributed by atoms with Crippen molar-refractivity contribution >= 4 is 29.5 Å². The first-order valence-electron chi connectivity index (χ1n) is 13.6. The first-order valence-corrected chi connectivity index (χ1v) is 13.6. The maximum Gasteiger partial charge on any atom is 0.369 e. The number of rotatable bonds is 15. The standard InChI is InChI=1S/C30H38N2O10/c1-40-21-25(33)31(24-11-7-4-8-12-24)29(22-41-2)14-17-32(18-15-29,16-13-23-9-5-3-6-10-23)42-27(36)20-30(39,28(37)38)19-26(34)35/h3-12,39H,13-22H2,1-2H3,(H-,34,35,37,38). The number of para-hydroxylation sites is 1. The minimum Gasteiger partial charge on any atom is -0.547 e. The lowest BCUT2D eigenvalue weighted by Crippen LogP contribution is -2.66. The second kappa shape index (κ2) is 14.4. The Morgan fingerprint density at radius 1 is 0.952 bits per heavy atom. The molecule has 2 aromatic carbocycles. The minimum absolute atomic E-state index is 0.158. The van der Waals surface area contributed by atoms with Crippen molar-refractivity contribution in [2.75, 3.05) is 52.0 Å². The largest absolute Gasteiger partial charge is 0.547 e. The van der Waals surface area contributed by atoms with E-state index >= 15 is 0 Å². The number of amides is 1. The number of aliphatic carboxylic acids is 2. The first kappa shape index (κ1) is 32.7. The van der Waals surface area contributed by atoms with Crippen LogP contribution in [0.15, 0.2) is 60.7 Å². The number of carboxylic acid groups (broad SMARTS) is 2. The summed E-state index contributed by atoms with van der Waals surface area (Å²) in [6.07, 6.45) is -1.13. The van der Waals surface area contributed by atoms with Gasteiger partial charge in [-0.05, 0) is 17.7 Å². The molecule has 1 atom stereocenters. The summed E-state index contributed by atoms with van der Waals surface area (Å²) in [7, 11) is 2.98. The van der Waals surface area contributed by atoms with Gasteiger partial charge in [0.1, 0.15) is 31.8 Å². The molecule has 3 rings (SSSR count). The highest BCUT2D eigenvalue weighted by molar-refractivity contribution is 5.95. The van der Waals surface area contributed by atoms with Crippen LogP contribution in [0.1, 0.15) is 31.2 Å². The van der Waals surface area contributed by atoms with Crippen LogP contribution in [0.25, 0.3) is 0 Å². The number of hydroxylamine groups is 3. The van der Waals surface area contributed by atoms with Crippen molar-refractivity contribution in [2.45, 2.75) is 43.2 Å². The summed E-state index contributed by atoms with van der Waals surface area (Å²) in [5.74, 6) is -5.03. The minimum atomic E-state index is -2.93. The average molecular weight is 587 g/mol. The summed E-state index contributed by atoms with van der Waals surface area (Å²) >= 11 is 0. The highest BCUT2D eigenvalue weighted by atomic mass is 16.7. The van der Waals surface area contributed by atoms with Crippen molar-refractivity contribution in [2.24, 2.45) is 0 Å². The molecule has 0 spiro atoms. The monoisotopic (exact) mass is 586 g/mol. The van der Waals surface area contributed by atoms with Crippen molar-refractivity contribution in [1.29, 1.82) is 0 Å². The zero-order chi connectivity index (χ0) is 30.8. The molecule has 0 saturated carbocycles. The molecule has 0 bridgehead atoms. The van der Waals surface area contributed by atoms with Gasteiger partial charge in [0.15, 0.2) is 0 Å². The van der Waals surface area contributed by atoms with E-state index in [2.05, 4.69) is 0 Å². The van der Waals surface area contributed by atoms with Crippen LogP contribution in [0, 0.1) is 0 Å². The van der Waals surface area contributed by atoms with Crippen LogP contribution < -0.4 is 10.0 Å². The SMILES string of the molecule is COCC(=O)N(c1ccccc1)C1(COC)CC[N+](CCc2ccccc2)(OC(=O)CC(O)(CC(=O)O)C(=O)[O-])CC1. The quantitative estimate of drug-likeness (QED) is 0.284. The lowest BCUT2D eigenvalue weighted by atomic mass is 9.85. The van der Waals surface area contributed by atoms with Crippen molar-refractivity contribution in [3.63, 3.8) is 0 Å². The number of carbonyl (C=O) groups excluding carboxylic acids is 3. The van der Waals surface area contributed by atoms with Crippen LogP contribution in [0.3, 0.4) is 0 Å². The number of hydrogen-bond acceptors (Lipinski definition) is 9. The van der Waals surface area contributed by atoms with Crippen molar-refractivity contribution in [3.05, 3.63) is 66.2 Å². The molecular weight excluding hydrogens is 548 g/mol. The van der Waals surface area contributed by atoms with E-state index < -0.39 is 41.9 Å². The fraction of sp³-hybridized carbons (Fsp3) is 0.467. The van der Waals surface area contributed by atoms with Gasteiger partial charge in [-0.3, -0.25) is 14.4 Å². The van der Waals surface area contributed by atoms with E-state index in [-0.39, 0.29) is 36.9 Å². The molecule has 42 heavy (non-hydrogen) atoms. The number of aliphatic hydroxyl groups is 1. The number of carbonyl (C=O) groups is 4. The van der Waals surface area contributed by atoms with Gasteiger partial charge in [-0.2, -0.15) is 0 Å². The molecule has 1 aliphatic heterocycles. The predicted octanol–water partition coefficient (Wildman–Crippen LogP) is 0.709. The first-order chi connectivity index (χ1) is 20.0. The number of hydrogen-bond donors (Lipinski definition) is 2. The number of likely N-dealkylation sites (tertiary alicyclic amines) is 1. The number of quaternary nitrogens is 1. The summed E-state index contributed by atoms with van der Waals surface area (Å²) in [5, 5.41) is 31.0. The smallest absolute Gasteiger partial charge is 0.369 e. The Morgan fingerprint density at radius 2 is 1.55 bits per heavy atom. The Labute approximate surface area is 244 Å². The third kappa shape index (κ3) is 8.13. The van der Waals surface area contributed by atoms with Gasteiger partial charge in [0.25, 0.3) is 5.91 Å². The number of nitrogens with zero attached hydrogens (tertiary/aromatic N) is 2. The molecule has 1 amide bonds. The van der Waals surface area contributed by atoms with Gasteiger partial charge >= 0.3 is 11.9 Å². The lowest BCUT2D eigenvalue weighted by molar-refractivity contribution is -1.09. The van der Waals surface area contributed by atoms with Gasteiger partial charge in [-0.25, -0.2) is 4.79 Å². The zero-order valence-corrected chi connectivity index (χ0v) is 23.9. The summed E-state index contributed by atoms with van der Waals surface area (Å²) in [6.45, 7) is 0.809. The number of benzene rings is 2. The van der Waals surface area contributed by atoms with Crippen LogP contribution in [0.4, 0.5) is 5.69 Å². The Morgan fingerprint density at radius 3 is 2.07 bits per heavy atom. The van der Waals surface area contributed by atoms with E-state index in [4.69, 9.17) is 19.4 Å². The van der Waals surface area contributed by atoms with E-state index in [1.165, 1.54) is 7.11 Å². The second-order valence-corrected chi connectivity index (χ2v) is 10.6. The Kier molecular flexibility index (Phi) is 11.2. The van der Waals surface area contributed by atoms with Gasteiger partial charge in [0, 0.05) is 39.2 Å². The molecule has 1 saturated heterocycles. The summed E-state index contributed by atoms with van der Waals surface area (Å²) < 4.78 is 10.6. The summed E-state index contributed by atoms with van der Waals surface area (Å²) in [5.41, 5.74) is -2.11. The Balaban J connectivity index is 1.93. The lowest BCUT2D eigenvalue weighted by Gasteiger charge is -2.50. The molecule has 0 radical (unpaired) electrons. The molecular formula is C30H38N2O10. The molecule has 1 heterocycles. The van der Waals surface area contributed by atoms with Crippen molar-refractivity contribution in [1.82, 2.24) is 0 Å². The zero-order valence-electron chi connectivity index (χ0n) is 23.9. The molecule has 12 nitrogen and oxygen atoms in total. The highest BCUT2D eigenvalue weighted by Gasteiger charge is 2.51. The molecule has 2 N–H and O–H groups in total. The van der Waals surface area contributed by atoms with Crippen LogP contribution in [0.5, 0.6) is 0 Å². The fourth-order valence-electron chi connectivity index (χ4n) is 5.49. The van der Waals surface area contributed by atoms with Crippen LogP contribution >= 0.6 is 0 Å². The van der Waals surface area contributed by atoms with Gasteiger partial charge in [-0.1, -0.05) is 48.5 Å². The third-order valence-electron chi connectivity index (χ3n) is 7.60. The van der Waals surface area contributed by atoms with Gasteiger partial charge in [0.2, 0.25) is 0 Å². The Bertz CT molecular complexity index is 1220. The number of ether oxygens (including phenoxy) is 2. The average Bonchev–Trinajstić information content (AvgIpc) is 2.94.